The summed E-state index contributed by atoms with van der Waals surface area (Å²) in [7, 11) is 0. The van der Waals surface area contributed by atoms with Crippen LogP contribution in [0.15, 0.2) is 18.2 Å². The predicted octanol–water partition coefficient (Wildman–Crippen LogP) is 2.14. The fraction of sp³-hybridized carbons (Fsp3) is 0.529. The molecule has 1 saturated heterocycles. The third-order valence-electron chi connectivity index (χ3n) is 3.70. The Morgan fingerprint density at radius 3 is 3.00 bits per heavy atom. The van der Waals surface area contributed by atoms with Crippen molar-refractivity contribution in [3.05, 3.63) is 35.1 Å². The number of likely N-dealkylation sites (N-methyl/N-ethyl adjacent to an activating group) is 1. The third-order valence-corrected chi connectivity index (χ3v) is 3.70. The zero-order valence-corrected chi connectivity index (χ0v) is 12.6. The second-order valence-corrected chi connectivity index (χ2v) is 5.28. The maximum atomic E-state index is 13.7. The number of halogens is 1. The first-order valence-corrected chi connectivity index (χ1v) is 7.54. The molecule has 0 aliphatic carbocycles. The standard InChI is InChI=1S/C17H23FN2O/c1-2-20(13-16-6-4-10-21-16)12-14-7-8-17(18)15(11-14)5-3-9-19/h7-8,11,16H,2,4,6,9-10,12-13,19H2,1H3. The van der Waals surface area contributed by atoms with Gasteiger partial charge in [0, 0.05) is 19.7 Å². The molecule has 0 bridgehead atoms. The number of benzene rings is 1. The van der Waals surface area contributed by atoms with Crippen molar-refractivity contribution in [2.24, 2.45) is 5.73 Å². The molecule has 0 spiro atoms. The van der Waals surface area contributed by atoms with Crippen LogP contribution in [0.5, 0.6) is 0 Å². The third kappa shape index (κ3) is 4.82. The average Bonchev–Trinajstić information content (AvgIpc) is 3.00. The molecule has 1 fully saturated rings. The minimum Gasteiger partial charge on any atom is -0.377 e. The summed E-state index contributed by atoms with van der Waals surface area (Å²) in [4.78, 5) is 2.32. The number of nitrogens with two attached hydrogens (primary N) is 1. The molecule has 2 rings (SSSR count). The molecule has 1 atom stereocenters. The molecule has 0 radical (unpaired) electrons. The van der Waals surface area contributed by atoms with Crippen LogP contribution in [-0.2, 0) is 11.3 Å². The van der Waals surface area contributed by atoms with Gasteiger partial charge in [0.1, 0.15) is 5.82 Å². The molecular weight excluding hydrogens is 267 g/mol. The monoisotopic (exact) mass is 290 g/mol. The first-order valence-electron chi connectivity index (χ1n) is 7.54. The van der Waals surface area contributed by atoms with Gasteiger partial charge in [-0.15, -0.1) is 0 Å². The molecule has 4 heteroatoms. The maximum Gasteiger partial charge on any atom is 0.138 e. The lowest BCUT2D eigenvalue weighted by Gasteiger charge is -2.23. The first kappa shape index (κ1) is 16.0. The van der Waals surface area contributed by atoms with Gasteiger partial charge in [-0.05, 0) is 37.1 Å². The predicted molar refractivity (Wildman–Crippen MR) is 82.3 cm³/mol. The lowest BCUT2D eigenvalue weighted by atomic mass is 10.1. The summed E-state index contributed by atoms with van der Waals surface area (Å²) in [5.41, 5.74) is 6.83. The number of ether oxygens (including phenoxy) is 1. The summed E-state index contributed by atoms with van der Waals surface area (Å²) in [6, 6.07) is 5.12. The summed E-state index contributed by atoms with van der Waals surface area (Å²) in [6.07, 6.45) is 2.62. The highest BCUT2D eigenvalue weighted by Crippen LogP contribution is 2.16. The Hall–Kier alpha value is -1.41. The number of rotatable bonds is 5. The van der Waals surface area contributed by atoms with E-state index in [1.54, 1.807) is 0 Å². The second kappa shape index (κ2) is 8.14. The number of hydrogen-bond donors (Lipinski definition) is 1. The largest absolute Gasteiger partial charge is 0.377 e. The zero-order chi connectivity index (χ0) is 15.1. The molecule has 0 amide bonds. The van der Waals surface area contributed by atoms with Gasteiger partial charge in [-0.1, -0.05) is 24.8 Å². The van der Waals surface area contributed by atoms with Crippen molar-refractivity contribution in [1.82, 2.24) is 4.90 Å². The molecule has 2 N–H and O–H groups in total. The Morgan fingerprint density at radius 1 is 1.48 bits per heavy atom. The highest BCUT2D eigenvalue weighted by Gasteiger charge is 2.18. The van der Waals surface area contributed by atoms with Crippen molar-refractivity contribution < 1.29 is 9.13 Å². The van der Waals surface area contributed by atoms with E-state index in [-0.39, 0.29) is 12.4 Å². The number of hydrogen-bond acceptors (Lipinski definition) is 3. The molecule has 1 unspecified atom stereocenters. The van der Waals surface area contributed by atoms with Crippen LogP contribution in [0.1, 0.15) is 30.9 Å². The molecule has 0 aromatic heterocycles. The smallest absolute Gasteiger partial charge is 0.138 e. The molecule has 3 nitrogen and oxygen atoms in total. The molecule has 1 aromatic rings. The molecule has 1 heterocycles. The molecule has 1 aliphatic heterocycles. The van der Waals surface area contributed by atoms with Crippen LogP contribution in [0.3, 0.4) is 0 Å². The Balaban J connectivity index is 2.02. The Labute approximate surface area is 126 Å². The van der Waals surface area contributed by atoms with E-state index in [1.165, 1.54) is 6.07 Å². The second-order valence-electron chi connectivity index (χ2n) is 5.28. The maximum absolute atomic E-state index is 13.7. The number of nitrogens with zero attached hydrogens (tertiary/aromatic N) is 1. The van der Waals surface area contributed by atoms with E-state index in [4.69, 9.17) is 10.5 Å². The first-order chi connectivity index (χ1) is 10.2. The Kier molecular flexibility index (Phi) is 6.19. The Bertz CT molecular complexity index is 515. The van der Waals surface area contributed by atoms with E-state index < -0.39 is 0 Å². The zero-order valence-electron chi connectivity index (χ0n) is 12.6. The fourth-order valence-electron chi connectivity index (χ4n) is 2.55. The summed E-state index contributed by atoms with van der Waals surface area (Å²) < 4.78 is 19.3. The van der Waals surface area contributed by atoms with E-state index in [9.17, 15) is 4.39 Å². The van der Waals surface area contributed by atoms with Crippen molar-refractivity contribution in [2.75, 3.05) is 26.2 Å². The Morgan fingerprint density at radius 2 is 2.33 bits per heavy atom. The van der Waals surface area contributed by atoms with Crippen LogP contribution in [0.2, 0.25) is 0 Å². The van der Waals surface area contributed by atoms with Crippen molar-refractivity contribution in [2.45, 2.75) is 32.4 Å². The molecule has 1 aromatic carbocycles. The highest BCUT2D eigenvalue weighted by atomic mass is 19.1. The van der Waals surface area contributed by atoms with Gasteiger partial charge in [0.2, 0.25) is 0 Å². The lowest BCUT2D eigenvalue weighted by molar-refractivity contribution is 0.0725. The van der Waals surface area contributed by atoms with Gasteiger partial charge < -0.3 is 10.5 Å². The van der Waals surface area contributed by atoms with Gasteiger partial charge in [-0.3, -0.25) is 4.90 Å². The minimum absolute atomic E-state index is 0.240. The highest BCUT2D eigenvalue weighted by molar-refractivity contribution is 5.38. The van der Waals surface area contributed by atoms with Crippen LogP contribution in [0.25, 0.3) is 0 Å². The molecule has 21 heavy (non-hydrogen) atoms. The topological polar surface area (TPSA) is 38.5 Å². The van der Waals surface area contributed by atoms with Crippen LogP contribution >= 0.6 is 0 Å². The van der Waals surface area contributed by atoms with Crippen LogP contribution in [-0.4, -0.2) is 37.2 Å². The quantitative estimate of drug-likeness (QED) is 0.844. The van der Waals surface area contributed by atoms with Gasteiger partial charge in [0.05, 0.1) is 18.2 Å². The van der Waals surface area contributed by atoms with Crippen molar-refractivity contribution >= 4 is 0 Å². The van der Waals surface area contributed by atoms with E-state index >= 15 is 0 Å². The van der Waals surface area contributed by atoms with Gasteiger partial charge in [-0.2, -0.15) is 0 Å². The average molecular weight is 290 g/mol. The van der Waals surface area contributed by atoms with E-state index in [1.807, 2.05) is 12.1 Å². The summed E-state index contributed by atoms with van der Waals surface area (Å²) >= 11 is 0. The SMILES string of the molecule is CCN(Cc1ccc(F)c(C#CCN)c1)CC1CCCO1. The normalized spacial score (nSPS) is 17.8. The fourth-order valence-corrected chi connectivity index (χ4v) is 2.55. The molecular formula is C17H23FN2O. The summed E-state index contributed by atoms with van der Waals surface area (Å²) in [5, 5.41) is 0. The van der Waals surface area contributed by atoms with Gasteiger partial charge in [0.15, 0.2) is 0 Å². The van der Waals surface area contributed by atoms with E-state index in [0.717, 1.165) is 44.6 Å². The van der Waals surface area contributed by atoms with Crippen LogP contribution in [0, 0.1) is 17.7 Å². The summed E-state index contributed by atoms with van der Waals surface area (Å²) in [6.45, 7) is 5.90. The van der Waals surface area contributed by atoms with Crippen molar-refractivity contribution in [3.8, 4) is 11.8 Å². The van der Waals surface area contributed by atoms with E-state index in [0.29, 0.717) is 11.7 Å². The lowest BCUT2D eigenvalue weighted by Crippen LogP contribution is -2.31. The molecule has 0 saturated carbocycles. The van der Waals surface area contributed by atoms with Crippen molar-refractivity contribution in [1.29, 1.82) is 0 Å². The van der Waals surface area contributed by atoms with Gasteiger partial charge in [0.25, 0.3) is 0 Å². The summed E-state index contributed by atoms with van der Waals surface area (Å²) in [5.74, 6) is 5.20. The van der Waals surface area contributed by atoms with Crippen molar-refractivity contribution in [3.63, 3.8) is 0 Å². The molecule has 114 valence electrons. The van der Waals surface area contributed by atoms with Gasteiger partial charge >= 0.3 is 0 Å². The minimum atomic E-state index is -0.290. The van der Waals surface area contributed by atoms with E-state index in [2.05, 4.69) is 23.7 Å². The van der Waals surface area contributed by atoms with Gasteiger partial charge in [-0.25, -0.2) is 4.39 Å². The van der Waals surface area contributed by atoms with Crippen LogP contribution < -0.4 is 5.73 Å². The van der Waals surface area contributed by atoms with Crippen LogP contribution in [0.4, 0.5) is 4.39 Å². The molecule has 1 aliphatic rings.